The summed E-state index contributed by atoms with van der Waals surface area (Å²) in [6.45, 7) is 32.7. The Labute approximate surface area is 843 Å². The normalized spacial score (nSPS) is 27.4. The van der Waals surface area contributed by atoms with E-state index in [0.29, 0.717) is 105 Å². The van der Waals surface area contributed by atoms with E-state index in [9.17, 15) is 119 Å². The van der Waals surface area contributed by atoms with Gasteiger partial charge in [-0.05, 0) is 207 Å². The molecule has 6 unspecified atom stereocenters. The number of rotatable bonds is 37. The number of nitrogens with one attached hydrogen (secondary N) is 6. The van der Waals surface area contributed by atoms with Crippen molar-refractivity contribution in [1.82, 2.24) is 57.3 Å². The molecule has 48 heteroatoms. The minimum absolute atomic E-state index is 0.167. The van der Waals surface area contributed by atoms with Gasteiger partial charge in [-0.2, -0.15) is 0 Å². The summed E-state index contributed by atoms with van der Waals surface area (Å²) >= 11 is 0. The quantitative estimate of drug-likeness (QED) is 0.0192. The number of aliphatic hydroxyl groups excluding tert-OH is 12. The van der Waals surface area contributed by atoms with Crippen molar-refractivity contribution >= 4 is 79.1 Å². The zero-order valence-electron chi connectivity index (χ0n) is 86.5. The molecule has 6 aromatic rings. The number of hydrogen-bond acceptors (Lipinski definition) is 30. The van der Waals surface area contributed by atoms with Crippen molar-refractivity contribution < 1.29 is 89.7 Å². The Kier molecular flexibility index (Phi) is 46.4. The van der Waals surface area contributed by atoms with Crippen LogP contribution in [0.1, 0.15) is 169 Å². The van der Waals surface area contributed by atoms with Crippen LogP contribution in [-0.4, -0.2) is 383 Å². The summed E-state index contributed by atoms with van der Waals surface area (Å²) in [5, 5.41) is 123. The fourth-order valence-corrected chi connectivity index (χ4v) is 22.5. The van der Waals surface area contributed by atoms with Crippen molar-refractivity contribution in [1.29, 1.82) is 0 Å². The van der Waals surface area contributed by atoms with Gasteiger partial charge in [0.1, 0.15) is 79.4 Å². The van der Waals surface area contributed by atoms with Crippen LogP contribution in [0, 0.1) is 0 Å². The smallest absolute Gasteiger partial charge is 0.330 e. The number of nitrogens with zero attached hydrogens (tertiary/aromatic N) is 6. The van der Waals surface area contributed by atoms with Crippen LogP contribution in [0.25, 0.3) is 0 Å². The van der Waals surface area contributed by atoms with Gasteiger partial charge in [0.25, 0.3) is 33.4 Å². The van der Waals surface area contributed by atoms with Crippen LogP contribution in [0.2, 0.25) is 0 Å². The third-order valence-electron chi connectivity index (χ3n) is 25.2. The highest BCUT2D eigenvalue weighted by molar-refractivity contribution is 7.73. The SMILES string of the molecule is C=CCCc1cn(C2O[C@H](CCP(=C)(C)C)[C@@H](O)[C@H]2O)c(=O)[nH]c1=O.C=CCc1cn(C2O[C@H](CCP(=C)(C)C)[C@@H](O)[C@H]2O)c(=O)[nH]c1=O.C=P(C)(C)CC[C@H]1OC(c2cn(CCC)c(=O)[nH]c2=O)[C@H](O)[C@@H]1O.C=P(C)(C)CC[C@H]1OC(n2cc(CC)c(=O)[nH]c2=O)[C@H](O)[C@@H]1O.C=P(C)(C)CC[C@H]1OC(n2cc(CCC)c(=O)[nH]c2=O)[C@H](O)[C@@H]1O.C=P(C)(C)CC[C@H]1OC(n2cc(CCCC)c(=O)[nH]c2=O)[C@H](O)[C@@H]1O. The largest absolute Gasteiger partial charge is 0.388 e. The summed E-state index contributed by atoms with van der Waals surface area (Å²) in [5.41, 5.74) is -4.38. The maximum Gasteiger partial charge on any atom is 0.330 e. The number of aliphatic hydroxyl groups is 12. The van der Waals surface area contributed by atoms with Crippen molar-refractivity contribution in [2.45, 2.75) is 284 Å². The lowest BCUT2D eigenvalue weighted by Crippen LogP contribution is -2.38. The molecule has 0 saturated carbocycles. The van der Waals surface area contributed by atoms with Crippen LogP contribution in [0.4, 0.5) is 0 Å². The lowest BCUT2D eigenvalue weighted by atomic mass is 10.0. The van der Waals surface area contributed by atoms with Crippen molar-refractivity contribution in [2.24, 2.45) is 0 Å². The maximum atomic E-state index is 12.2. The predicted molar refractivity (Wildman–Crippen MR) is 584 cm³/mol. The highest BCUT2D eigenvalue weighted by Crippen LogP contribution is 2.46. The lowest BCUT2D eigenvalue weighted by Gasteiger charge is -2.19. The van der Waals surface area contributed by atoms with Crippen LogP contribution in [0.3, 0.4) is 0 Å². The molecule has 6 aliphatic rings. The first-order chi connectivity index (χ1) is 67.3. The Bertz CT molecular complexity index is 6330. The third-order valence-corrected chi connectivity index (χ3v) is 34.0. The number of aryl methyl sites for hydroxylation is 5. The van der Waals surface area contributed by atoms with E-state index in [0.717, 1.165) is 76.4 Å². The average molecular weight is 2160 g/mol. The molecule has 6 aliphatic heterocycles. The Balaban J connectivity index is 0.000000236. The lowest BCUT2D eigenvalue weighted by molar-refractivity contribution is -0.0404. The van der Waals surface area contributed by atoms with Gasteiger partial charge in [-0.3, -0.25) is 81.5 Å². The molecule has 0 radical (unpaired) electrons. The maximum absolute atomic E-state index is 12.2. The number of H-pyrrole nitrogens is 6. The number of aromatic amines is 6. The summed E-state index contributed by atoms with van der Waals surface area (Å²) < 4.78 is 41.7. The van der Waals surface area contributed by atoms with Gasteiger partial charge in [-0.1, -0.05) is 52.7 Å². The third kappa shape index (κ3) is 35.6. The Morgan fingerprint density at radius 1 is 0.297 bits per heavy atom. The molecule has 0 aliphatic carbocycles. The molecule has 24 atom stereocenters. The molecule has 0 aromatic carbocycles. The van der Waals surface area contributed by atoms with Crippen LogP contribution in [-0.2, 0) is 67.1 Å². The standard InChI is InChI=1S/C17H29N2O5P.C17H27N2O5P.2C16H27N2O5P.C16H25N2O5P.C15H25N2O5P/c2*1-5-6-7-11-10-19(17(23)18-15(11)22)16-14(21)13(20)12(24-16)8-9-25(2,3)4;1-5-7-18-9-10(15(21)17-16(18)22)14-13(20)12(19)11(23-14)6-8-24(2,3)4;2*1-5-6-10-9-18(16(22)17-14(10)21)15-13(20)12(19)11(23-15)7-8-24(2,3)4;1-5-9-8-17(15(21)16-13(9)20)14-12(19)11(18)10(22-14)6-7-23(2,3)4/h10,12-14,16,20-21H,2,5-9H2,1,3-4H3,(H,18,22,23);5,10,12-14,16,20-21H,1-2,6-9H2,3-4H3,(H,18,22,23);9,11-14,19-20H,2,5-8H2,1,3-4H3,(H,17,21,22);9,11-13,15,19-20H,2,5-8H2,1,3-4H3,(H,17,21,22);5,9,11-13,15,19-20H,1-2,6-8H2,3-4H3,(H,17,21,22);8,10-12,14,18-19H,2,5-7H2,1,3-4H3,(H,16,20,21)/t2*12-,13-,14-,16?;11-,12-,13-,14?;2*11-,12-,13-,15?;10-,11-,12-,14?/m111111/s1. The molecular formula is C97H160N12O30P6. The number of unbranched alkanes of at least 4 members (excludes halogenated alkanes) is 1. The van der Waals surface area contributed by atoms with E-state index in [1.807, 2.05) is 20.8 Å². The molecule has 0 spiro atoms. The molecule has 6 saturated heterocycles. The second-order valence-electron chi connectivity index (χ2n) is 42.2. The number of ether oxygens (including phenoxy) is 6. The van der Waals surface area contributed by atoms with E-state index in [-0.39, 0.29) is 12.0 Å². The van der Waals surface area contributed by atoms with E-state index < -0.39 is 256 Å². The Morgan fingerprint density at radius 3 is 0.821 bits per heavy atom. The number of allylic oxidation sites excluding steroid dienone is 2. The van der Waals surface area contributed by atoms with Crippen LogP contribution in [0.5, 0.6) is 0 Å². The van der Waals surface area contributed by atoms with E-state index in [1.165, 1.54) is 50.9 Å². The molecule has 818 valence electrons. The first-order valence-corrected chi connectivity index (χ1v) is 67.1. The molecule has 0 amide bonds. The van der Waals surface area contributed by atoms with E-state index in [4.69, 9.17) is 28.4 Å². The molecule has 0 bridgehead atoms. The topological polar surface area (TPSA) is 627 Å². The minimum Gasteiger partial charge on any atom is -0.388 e. The molecule has 42 nitrogen and oxygen atoms in total. The Morgan fingerprint density at radius 2 is 0.552 bits per heavy atom. The molecule has 12 rings (SSSR count). The van der Waals surface area contributed by atoms with Crippen molar-refractivity contribution in [2.75, 3.05) is 117 Å². The minimum atomic E-state index is -1.29. The second kappa shape index (κ2) is 54.1. The van der Waals surface area contributed by atoms with Gasteiger partial charge in [0.2, 0.25) is 0 Å². The van der Waals surface area contributed by atoms with Gasteiger partial charge in [0, 0.05) is 71.5 Å². The highest BCUT2D eigenvalue weighted by atomic mass is 31.2. The van der Waals surface area contributed by atoms with Gasteiger partial charge in [-0.15, -0.1) is 92.3 Å². The predicted octanol–water partition coefficient (Wildman–Crippen LogP) is 1.19. The van der Waals surface area contributed by atoms with Crippen LogP contribution >= 0.6 is 41.3 Å². The van der Waals surface area contributed by atoms with Crippen molar-refractivity contribution in [3.05, 3.63) is 221 Å². The molecular weight excluding hydrogens is 2000 g/mol. The first-order valence-electron chi connectivity index (χ1n) is 48.7. The van der Waals surface area contributed by atoms with Crippen LogP contribution in [0.15, 0.2) is 120 Å². The first kappa shape index (κ1) is 125. The number of aromatic nitrogens is 12. The zero-order valence-corrected chi connectivity index (χ0v) is 91.8. The van der Waals surface area contributed by atoms with E-state index in [2.05, 4.69) is 161 Å². The van der Waals surface area contributed by atoms with Gasteiger partial charge >= 0.3 is 34.1 Å². The van der Waals surface area contributed by atoms with Crippen molar-refractivity contribution in [3.8, 4) is 0 Å². The van der Waals surface area contributed by atoms with Gasteiger partial charge in [0.15, 0.2) is 31.1 Å². The number of hydrogen-bond donors (Lipinski definition) is 18. The van der Waals surface area contributed by atoms with Crippen LogP contribution < -0.4 is 67.5 Å². The molecule has 6 aromatic heterocycles. The fraction of sp³-hybridized carbons (Fsp3) is 0.649. The summed E-state index contributed by atoms with van der Waals surface area (Å²) in [6, 6.07) is 0. The van der Waals surface area contributed by atoms with E-state index >= 15 is 0 Å². The van der Waals surface area contributed by atoms with Crippen molar-refractivity contribution in [3.63, 3.8) is 0 Å². The summed E-state index contributed by atoms with van der Waals surface area (Å²) in [4.78, 5) is 157. The molecule has 6 fully saturated rings. The molecule has 18 N–H and O–H groups in total. The van der Waals surface area contributed by atoms with Gasteiger partial charge in [0.05, 0.1) is 42.2 Å². The fourth-order valence-electron chi connectivity index (χ4n) is 16.8. The second-order valence-corrected chi connectivity index (χ2v) is 68.1. The average Bonchev–Trinajstić information content (AvgIpc) is 1.67. The molecule has 145 heavy (non-hydrogen) atoms. The summed E-state index contributed by atoms with van der Waals surface area (Å²) in [7, 11) is 0. The van der Waals surface area contributed by atoms with E-state index in [1.54, 1.807) is 19.1 Å². The zero-order chi connectivity index (χ0) is 109. The molecule has 12 heterocycles. The summed E-state index contributed by atoms with van der Waals surface area (Å²) in [6.07, 6.45) is 27.5. The Hall–Kier alpha value is -7.36. The summed E-state index contributed by atoms with van der Waals surface area (Å²) in [5.74, 6) is 0. The van der Waals surface area contributed by atoms with Gasteiger partial charge in [-0.25, -0.2) is 28.8 Å². The van der Waals surface area contributed by atoms with Gasteiger partial charge < -0.3 is 94.3 Å². The highest BCUT2D eigenvalue weighted by Gasteiger charge is 2.50. The monoisotopic (exact) mass is 2160 g/mol.